The Morgan fingerprint density at radius 3 is 2.71 bits per heavy atom. The Morgan fingerprint density at radius 1 is 1.23 bits per heavy atom. The third-order valence-electron chi connectivity index (χ3n) is 5.51. The van der Waals surface area contributed by atoms with E-state index >= 15 is 0 Å². The van der Waals surface area contributed by atoms with Crippen molar-refractivity contribution in [2.45, 2.75) is 70.6 Å². The number of benzene rings is 2. The van der Waals surface area contributed by atoms with Crippen LogP contribution in [0.5, 0.6) is 0 Å². The molecular formula is C25H31N3O3. The number of amides is 2. The van der Waals surface area contributed by atoms with Gasteiger partial charge in [0, 0.05) is 19.0 Å². The summed E-state index contributed by atoms with van der Waals surface area (Å²) in [6.07, 6.45) is 2.50. The summed E-state index contributed by atoms with van der Waals surface area (Å²) < 4.78 is 5.41. The lowest BCUT2D eigenvalue weighted by Crippen LogP contribution is -2.44. The molecule has 2 aromatic carbocycles. The van der Waals surface area contributed by atoms with Crippen LogP contribution >= 0.6 is 0 Å². The molecular weight excluding hydrogens is 390 g/mol. The van der Waals surface area contributed by atoms with E-state index in [0.717, 1.165) is 12.8 Å². The van der Waals surface area contributed by atoms with Gasteiger partial charge in [-0.2, -0.15) is 5.26 Å². The first-order valence-electron chi connectivity index (χ1n) is 10.9. The minimum absolute atomic E-state index is 0.0944. The van der Waals surface area contributed by atoms with Gasteiger partial charge in [-0.1, -0.05) is 42.5 Å². The molecule has 1 aliphatic heterocycles. The molecule has 1 N–H and O–H groups in total. The van der Waals surface area contributed by atoms with Gasteiger partial charge in [0.25, 0.3) is 0 Å². The summed E-state index contributed by atoms with van der Waals surface area (Å²) in [6.45, 7) is 6.03. The quantitative estimate of drug-likeness (QED) is 0.741. The third-order valence-corrected chi connectivity index (χ3v) is 5.51. The molecule has 2 atom stereocenters. The highest BCUT2D eigenvalue weighted by molar-refractivity contribution is 5.85. The number of carbonyl (C=O) groups is 2. The lowest BCUT2D eigenvalue weighted by atomic mass is 9.97. The van der Waals surface area contributed by atoms with Crippen LogP contribution in [-0.2, 0) is 16.0 Å². The SMILES string of the molecule is CC(C)(C)OC(=O)NC(CCc1cccc2ccccc12)CC(=O)N1CCCC1C#N. The summed E-state index contributed by atoms with van der Waals surface area (Å²) in [5.74, 6) is -0.0944. The van der Waals surface area contributed by atoms with Gasteiger partial charge in [0.15, 0.2) is 0 Å². The van der Waals surface area contributed by atoms with Crippen molar-refractivity contribution in [3.05, 3.63) is 48.0 Å². The second kappa shape index (κ2) is 9.82. The van der Waals surface area contributed by atoms with Crippen LogP contribution < -0.4 is 5.32 Å². The van der Waals surface area contributed by atoms with Crippen molar-refractivity contribution in [3.8, 4) is 6.07 Å². The van der Waals surface area contributed by atoms with Gasteiger partial charge in [-0.15, -0.1) is 0 Å². The molecule has 0 aliphatic carbocycles. The van der Waals surface area contributed by atoms with Crippen molar-refractivity contribution in [2.24, 2.45) is 0 Å². The molecule has 1 aliphatic rings. The van der Waals surface area contributed by atoms with Gasteiger partial charge in [-0.05, 0) is 62.8 Å². The maximum absolute atomic E-state index is 12.9. The zero-order valence-corrected chi connectivity index (χ0v) is 18.6. The number of nitrogens with one attached hydrogen (secondary N) is 1. The maximum Gasteiger partial charge on any atom is 0.407 e. The Labute approximate surface area is 184 Å². The molecule has 0 bridgehead atoms. The summed E-state index contributed by atoms with van der Waals surface area (Å²) in [4.78, 5) is 26.9. The molecule has 2 aromatic rings. The van der Waals surface area contributed by atoms with Crippen molar-refractivity contribution in [2.75, 3.05) is 6.54 Å². The number of rotatable bonds is 6. The van der Waals surface area contributed by atoms with E-state index in [4.69, 9.17) is 4.74 Å². The molecule has 0 radical (unpaired) electrons. The smallest absolute Gasteiger partial charge is 0.407 e. The van der Waals surface area contributed by atoms with Gasteiger partial charge >= 0.3 is 6.09 Å². The molecule has 1 saturated heterocycles. The highest BCUT2D eigenvalue weighted by Crippen LogP contribution is 2.22. The van der Waals surface area contributed by atoms with E-state index < -0.39 is 11.7 Å². The van der Waals surface area contributed by atoms with Gasteiger partial charge < -0.3 is 15.0 Å². The van der Waals surface area contributed by atoms with Crippen molar-refractivity contribution in [3.63, 3.8) is 0 Å². The van der Waals surface area contributed by atoms with Crippen LogP contribution in [-0.4, -0.2) is 41.1 Å². The summed E-state index contributed by atoms with van der Waals surface area (Å²) in [5.41, 5.74) is 0.562. The minimum Gasteiger partial charge on any atom is -0.444 e. The molecule has 0 spiro atoms. The number of fused-ring (bicyclic) bond motifs is 1. The van der Waals surface area contributed by atoms with Gasteiger partial charge in [0.1, 0.15) is 11.6 Å². The minimum atomic E-state index is -0.616. The van der Waals surface area contributed by atoms with Crippen LogP contribution in [0.4, 0.5) is 4.79 Å². The van der Waals surface area contributed by atoms with Gasteiger partial charge in [-0.3, -0.25) is 4.79 Å². The molecule has 164 valence electrons. The standard InChI is InChI=1S/C25H31N3O3/c1-25(2,3)31-24(30)27-20(16-23(29)28-15-7-11-21(28)17-26)14-13-19-10-6-9-18-8-4-5-12-22(18)19/h4-6,8-10,12,20-21H,7,11,13-16H2,1-3H3,(H,27,30). The third kappa shape index (κ3) is 6.21. The molecule has 3 rings (SSSR count). The fourth-order valence-electron chi connectivity index (χ4n) is 4.07. The Balaban J connectivity index is 1.72. The highest BCUT2D eigenvalue weighted by atomic mass is 16.6. The van der Waals surface area contributed by atoms with E-state index in [0.29, 0.717) is 19.4 Å². The lowest BCUT2D eigenvalue weighted by Gasteiger charge is -2.26. The number of nitrogens with zero attached hydrogens (tertiary/aromatic N) is 2. The summed E-state index contributed by atoms with van der Waals surface area (Å²) >= 11 is 0. The van der Waals surface area contributed by atoms with Crippen molar-refractivity contribution < 1.29 is 14.3 Å². The molecule has 2 unspecified atom stereocenters. The molecule has 1 fully saturated rings. The van der Waals surface area contributed by atoms with E-state index in [9.17, 15) is 14.9 Å². The van der Waals surface area contributed by atoms with Crippen LogP contribution in [0.1, 0.15) is 52.0 Å². The average molecular weight is 422 g/mol. The molecule has 31 heavy (non-hydrogen) atoms. The van der Waals surface area contributed by atoms with E-state index in [2.05, 4.69) is 35.7 Å². The maximum atomic E-state index is 12.9. The fraction of sp³-hybridized carbons (Fsp3) is 0.480. The second-order valence-corrected chi connectivity index (χ2v) is 9.10. The Bertz CT molecular complexity index is 969. The number of likely N-dealkylation sites (tertiary alicyclic amines) is 1. The van der Waals surface area contributed by atoms with Crippen LogP contribution in [0.25, 0.3) is 10.8 Å². The number of aryl methyl sites for hydroxylation is 1. The molecule has 6 heteroatoms. The van der Waals surface area contributed by atoms with E-state index in [-0.39, 0.29) is 24.4 Å². The number of hydrogen-bond acceptors (Lipinski definition) is 4. The van der Waals surface area contributed by atoms with E-state index in [1.807, 2.05) is 39.0 Å². The summed E-state index contributed by atoms with van der Waals surface area (Å²) in [5, 5.41) is 14.5. The molecule has 2 amide bonds. The predicted molar refractivity (Wildman–Crippen MR) is 120 cm³/mol. The first kappa shape index (κ1) is 22.6. The monoisotopic (exact) mass is 421 g/mol. The first-order chi connectivity index (χ1) is 14.8. The van der Waals surface area contributed by atoms with Crippen molar-refractivity contribution in [1.29, 1.82) is 5.26 Å². The van der Waals surface area contributed by atoms with E-state index in [1.165, 1.54) is 16.3 Å². The zero-order valence-electron chi connectivity index (χ0n) is 18.6. The number of alkyl carbamates (subject to hydrolysis) is 1. The second-order valence-electron chi connectivity index (χ2n) is 9.10. The topological polar surface area (TPSA) is 82.4 Å². The number of carbonyl (C=O) groups excluding carboxylic acids is 2. The summed E-state index contributed by atoms with van der Waals surface area (Å²) in [6, 6.07) is 15.9. The van der Waals surface area contributed by atoms with Gasteiger partial charge in [0.2, 0.25) is 5.91 Å². The normalized spacial score (nSPS) is 17.2. The predicted octanol–water partition coefficient (Wildman–Crippen LogP) is 4.57. The Morgan fingerprint density at radius 2 is 1.97 bits per heavy atom. The fourth-order valence-corrected chi connectivity index (χ4v) is 4.07. The molecule has 0 aromatic heterocycles. The number of nitriles is 1. The van der Waals surface area contributed by atoms with Crippen molar-refractivity contribution >= 4 is 22.8 Å². The largest absolute Gasteiger partial charge is 0.444 e. The van der Waals surface area contributed by atoms with Crippen LogP contribution in [0, 0.1) is 11.3 Å². The van der Waals surface area contributed by atoms with Gasteiger partial charge in [-0.25, -0.2) is 4.79 Å². The van der Waals surface area contributed by atoms with Gasteiger partial charge in [0.05, 0.1) is 6.07 Å². The summed E-state index contributed by atoms with van der Waals surface area (Å²) in [7, 11) is 0. The highest BCUT2D eigenvalue weighted by Gasteiger charge is 2.30. The lowest BCUT2D eigenvalue weighted by molar-refractivity contribution is -0.131. The molecule has 6 nitrogen and oxygen atoms in total. The number of hydrogen-bond donors (Lipinski definition) is 1. The Hall–Kier alpha value is -3.07. The molecule has 0 saturated carbocycles. The number of ether oxygens (including phenoxy) is 1. The van der Waals surface area contributed by atoms with Crippen LogP contribution in [0.15, 0.2) is 42.5 Å². The van der Waals surface area contributed by atoms with Crippen LogP contribution in [0.3, 0.4) is 0 Å². The Kier molecular flexibility index (Phi) is 7.17. The first-order valence-corrected chi connectivity index (χ1v) is 10.9. The van der Waals surface area contributed by atoms with Crippen LogP contribution in [0.2, 0.25) is 0 Å². The molecule has 1 heterocycles. The van der Waals surface area contributed by atoms with E-state index in [1.54, 1.807) is 4.90 Å². The average Bonchev–Trinajstić information content (AvgIpc) is 3.19. The van der Waals surface area contributed by atoms with Crippen molar-refractivity contribution in [1.82, 2.24) is 10.2 Å². The zero-order chi connectivity index (χ0) is 22.4.